The third-order valence-corrected chi connectivity index (χ3v) is 6.07. The van der Waals surface area contributed by atoms with Crippen LogP contribution in [0.1, 0.15) is 34.3 Å². The third-order valence-electron chi connectivity index (χ3n) is 4.22. The first-order chi connectivity index (χ1) is 14.0. The van der Waals surface area contributed by atoms with E-state index in [0.717, 1.165) is 31.2 Å². The number of carbonyl (C=O) groups excluding carboxylic acids is 1. The number of nitrogens with one attached hydrogen (secondary N) is 1. The van der Waals surface area contributed by atoms with Crippen molar-refractivity contribution < 1.29 is 31.5 Å². The van der Waals surface area contributed by atoms with Gasteiger partial charge in [0.1, 0.15) is 10.6 Å². The molecule has 1 N–H and O–H groups in total. The summed E-state index contributed by atoms with van der Waals surface area (Å²) in [5, 5.41) is 3.55. The molecule has 1 amide bonds. The van der Waals surface area contributed by atoms with Crippen LogP contribution in [-0.4, -0.2) is 17.5 Å². The summed E-state index contributed by atoms with van der Waals surface area (Å²) >= 11 is 0.289. The topological polar surface area (TPSA) is 38.3 Å². The maximum atomic E-state index is 13.8. The molecule has 0 radical (unpaired) electrons. The molecule has 0 unspecified atom stereocenters. The molecule has 162 valence electrons. The first kappa shape index (κ1) is 22.6. The molecular formula is C20H18F5NO2S2. The van der Waals surface area contributed by atoms with Crippen LogP contribution in [0.25, 0.3) is 0 Å². The first-order valence-electron chi connectivity index (χ1n) is 9.00. The summed E-state index contributed by atoms with van der Waals surface area (Å²) in [5.74, 6) is -3.47. The summed E-state index contributed by atoms with van der Waals surface area (Å²) in [5.41, 5.74) is -4.42. The van der Waals surface area contributed by atoms with Crippen molar-refractivity contribution in [1.82, 2.24) is 5.32 Å². The fraction of sp³-hybridized carbons (Fsp3) is 0.350. The van der Waals surface area contributed by atoms with Crippen molar-refractivity contribution in [3.8, 4) is 11.5 Å². The second-order valence-corrected chi connectivity index (χ2v) is 8.86. The van der Waals surface area contributed by atoms with E-state index in [-0.39, 0.29) is 33.2 Å². The molecule has 1 heterocycles. The van der Waals surface area contributed by atoms with Crippen molar-refractivity contribution in [2.24, 2.45) is 5.92 Å². The Bertz CT molecular complexity index is 902. The Morgan fingerprint density at radius 3 is 2.47 bits per heavy atom. The number of hydrogen-bond acceptors (Lipinski definition) is 4. The molecule has 1 atom stereocenters. The quantitative estimate of drug-likeness (QED) is 0.432. The Balaban J connectivity index is 1.81. The number of carbonyl (C=O) groups is 1. The summed E-state index contributed by atoms with van der Waals surface area (Å²) in [6.45, 7) is 0.719. The molecule has 0 aliphatic heterocycles. The van der Waals surface area contributed by atoms with Gasteiger partial charge >= 0.3 is 5.51 Å². The fourth-order valence-corrected chi connectivity index (χ4v) is 3.96. The maximum Gasteiger partial charge on any atom is 0.445 e. The molecule has 2 aromatic rings. The average Bonchev–Trinajstić information content (AvgIpc) is 3.40. The number of thiophene rings is 1. The highest BCUT2D eigenvalue weighted by Crippen LogP contribution is 2.41. The van der Waals surface area contributed by atoms with Crippen LogP contribution in [0, 0.1) is 5.92 Å². The molecular weight excluding hydrogens is 445 g/mol. The van der Waals surface area contributed by atoms with Crippen molar-refractivity contribution in [2.75, 3.05) is 0 Å². The maximum absolute atomic E-state index is 13.8. The molecule has 0 spiro atoms. The number of amides is 1. The Labute approximate surface area is 178 Å². The van der Waals surface area contributed by atoms with E-state index >= 15 is 0 Å². The molecule has 1 aliphatic carbocycles. The summed E-state index contributed by atoms with van der Waals surface area (Å²) in [6, 6.07) is 8.88. The van der Waals surface area contributed by atoms with E-state index in [4.69, 9.17) is 4.74 Å². The summed E-state index contributed by atoms with van der Waals surface area (Å²) in [6.07, 6.45) is 2.82. The molecule has 1 aromatic heterocycles. The zero-order valence-corrected chi connectivity index (χ0v) is 17.3. The Morgan fingerprint density at radius 1 is 1.23 bits per heavy atom. The molecule has 1 aliphatic rings. The SMILES string of the molecule is CC(F)(F)c1cc(Oc2ccccc2)c(C(=O)N[C@H](/C=C/SC(F)(F)F)C2CC2)s1. The van der Waals surface area contributed by atoms with Crippen LogP contribution in [0.15, 0.2) is 47.9 Å². The van der Waals surface area contributed by atoms with Gasteiger partial charge in [0.25, 0.3) is 11.8 Å². The second-order valence-electron chi connectivity index (χ2n) is 6.84. The van der Waals surface area contributed by atoms with Crippen LogP contribution in [0.2, 0.25) is 0 Å². The predicted octanol–water partition coefficient (Wildman–Crippen LogP) is 6.93. The number of ether oxygens (including phenoxy) is 1. The van der Waals surface area contributed by atoms with Crippen molar-refractivity contribution in [1.29, 1.82) is 0 Å². The molecule has 0 bridgehead atoms. The van der Waals surface area contributed by atoms with Crippen LogP contribution in [0.5, 0.6) is 11.5 Å². The first-order valence-corrected chi connectivity index (χ1v) is 10.7. The lowest BCUT2D eigenvalue weighted by Gasteiger charge is -2.15. The van der Waals surface area contributed by atoms with Gasteiger partial charge in [-0.2, -0.15) is 13.2 Å². The molecule has 0 saturated heterocycles. The van der Waals surface area contributed by atoms with Gasteiger partial charge in [0.15, 0.2) is 5.75 Å². The van der Waals surface area contributed by atoms with Crippen LogP contribution < -0.4 is 10.1 Å². The third kappa shape index (κ3) is 6.46. The van der Waals surface area contributed by atoms with Crippen LogP contribution >= 0.6 is 23.1 Å². The molecule has 1 fully saturated rings. The van der Waals surface area contributed by atoms with E-state index in [1.807, 2.05) is 0 Å². The fourth-order valence-electron chi connectivity index (χ4n) is 2.64. The van der Waals surface area contributed by atoms with Crippen LogP contribution in [0.4, 0.5) is 22.0 Å². The Hall–Kier alpha value is -2.07. The molecule has 10 heteroatoms. The van der Waals surface area contributed by atoms with E-state index in [0.29, 0.717) is 17.1 Å². The Morgan fingerprint density at radius 2 is 1.90 bits per heavy atom. The lowest BCUT2D eigenvalue weighted by atomic mass is 10.2. The van der Waals surface area contributed by atoms with Crippen LogP contribution in [0.3, 0.4) is 0 Å². The van der Waals surface area contributed by atoms with Crippen molar-refractivity contribution in [2.45, 2.75) is 37.2 Å². The molecule has 3 rings (SSSR count). The number of thioether (sulfide) groups is 1. The zero-order chi connectivity index (χ0) is 21.9. The van der Waals surface area contributed by atoms with E-state index in [9.17, 15) is 26.7 Å². The lowest BCUT2D eigenvalue weighted by Crippen LogP contribution is -2.34. The van der Waals surface area contributed by atoms with Gasteiger partial charge in [0.05, 0.1) is 10.9 Å². The van der Waals surface area contributed by atoms with E-state index in [2.05, 4.69) is 5.32 Å². The second kappa shape index (κ2) is 8.97. The van der Waals surface area contributed by atoms with E-state index in [1.165, 1.54) is 6.08 Å². The molecule has 30 heavy (non-hydrogen) atoms. The normalized spacial score (nSPS) is 15.9. The van der Waals surface area contributed by atoms with Gasteiger partial charge in [-0.3, -0.25) is 4.79 Å². The van der Waals surface area contributed by atoms with Gasteiger partial charge in [0, 0.05) is 13.0 Å². The summed E-state index contributed by atoms with van der Waals surface area (Å²) < 4.78 is 70.4. The monoisotopic (exact) mass is 463 g/mol. The highest BCUT2D eigenvalue weighted by molar-refractivity contribution is 8.02. The number of rotatable bonds is 8. The largest absolute Gasteiger partial charge is 0.456 e. The minimum absolute atomic E-state index is 0.0181. The highest BCUT2D eigenvalue weighted by atomic mass is 32.2. The van der Waals surface area contributed by atoms with Gasteiger partial charge < -0.3 is 10.1 Å². The van der Waals surface area contributed by atoms with Gasteiger partial charge in [-0.15, -0.1) is 11.3 Å². The number of alkyl halides is 5. The number of halogens is 5. The molecule has 1 saturated carbocycles. The van der Waals surface area contributed by atoms with Crippen LogP contribution in [-0.2, 0) is 5.92 Å². The minimum atomic E-state index is -4.42. The predicted molar refractivity (Wildman–Crippen MR) is 107 cm³/mol. The van der Waals surface area contributed by atoms with E-state index < -0.39 is 23.4 Å². The average molecular weight is 463 g/mol. The van der Waals surface area contributed by atoms with Gasteiger partial charge in [-0.25, -0.2) is 8.78 Å². The van der Waals surface area contributed by atoms with E-state index in [1.54, 1.807) is 30.3 Å². The highest BCUT2D eigenvalue weighted by Gasteiger charge is 2.35. The molecule has 3 nitrogen and oxygen atoms in total. The summed E-state index contributed by atoms with van der Waals surface area (Å²) in [4.78, 5) is 12.4. The smallest absolute Gasteiger partial charge is 0.445 e. The molecule has 1 aromatic carbocycles. The van der Waals surface area contributed by atoms with Gasteiger partial charge in [-0.05, 0) is 48.1 Å². The van der Waals surface area contributed by atoms with Gasteiger partial charge in [0.2, 0.25) is 0 Å². The number of para-hydroxylation sites is 1. The number of benzene rings is 1. The van der Waals surface area contributed by atoms with Crippen molar-refractivity contribution >= 4 is 29.0 Å². The zero-order valence-electron chi connectivity index (χ0n) is 15.7. The van der Waals surface area contributed by atoms with Crippen molar-refractivity contribution in [3.63, 3.8) is 0 Å². The van der Waals surface area contributed by atoms with Gasteiger partial charge in [-0.1, -0.05) is 24.3 Å². The lowest BCUT2D eigenvalue weighted by molar-refractivity contribution is -0.0320. The summed E-state index contributed by atoms with van der Waals surface area (Å²) in [7, 11) is 0. The van der Waals surface area contributed by atoms with Crippen molar-refractivity contribution in [3.05, 3.63) is 57.6 Å². The minimum Gasteiger partial charge on any atom is -0.456 e. The Kier molecular flexibility index (Phi) is 6.76. The standard InChI is InChI=1S/C20H18F5NO2S2/c1-19(21,22)16-11-15(28-13-5-3-2-4-6-13)17(30-16)18(27)26-14(12-7-8-12)9-10-29-20(23,24)25/h2-6,9-12,14H,7-8H2,1H3,(H,26,27)/b10-9+/t14-/m1/s1. The number of hydrogen-bond donors (Lipinski definition) is 1.